The van der Waals surface area contributed by atoms with Gasteiger partial charge in [0.05, 0.1) is 7.11 Å². The van der Waals surface area contributed by atoms with Gasteiger partial charge in [0.15, 0.2) is 0 Å². The van der Waals surface area contributed by atoms with Gasteiger partial charge in [0, 0.05) is 17.9 Å². The molecule has 27 heavy (non-hydrogen) atoms. The third-order valence-corrected chi connectivity index (χ3v) is 5.20. The normalized spacial score (nSPS) is 12.9. The van der Waals surface area contributed by atoms with Crippen LogP contribution in [0.3, 0.4) is 0 Å². The van der Waals surface area contributed by atoms with Gasteiger partial charge in [0.2, 0.25) is 16.9 Å². The zero-order valence-corrected chi connectivity index (χ0v) is 17.1. The van der Waals surface area contributed by atoms with Crippen molar-refractivity contribution in [2.24, 2.45) is 5.92 Å². The molecule has 2 aromatic rings. The first-order valence-corrected chi connectivity index (χ1v) is 9.97. The van der Waals surface area contributed by atoms with Gasteiger partial charge in [-0.05, 0) is 30.2 Å². The van der Waals surface area contributed by atoms with Crippen molar-refractivity contribution in [2.75, 3.05) is 18.3 Å². The summed E-state index contributed by atoms with van der Waals surface area (Å²) >= 11 is 6.86. The number of hydrogen-bond donors (Lipinski definition) is 2. The molecule has 146 valence electrons. The molecular formula is C18H23ClN4O3S. The van der Waals surface area contributed by atoms with E-state index in [2.05, 4.69) is 20.8 Å². The summed E-state index contributed by atoms with van der Waals surface area (Å²) < 4.78 is 5.14. The maximum atomic E-state index is 12.6. The number of ether oxygens (including phenoxy) is 1. The second-order valence-corrected chi connectivity index (χ2v) is 7.36. The van der Waals surface area contributed by atoms with Crippen LogP contribution in [0.15, 0.2) is 24.3 Å². The van der Waals surface area contributed by atoms with Crippen molar-refractivity contribution in [1.29, 1.82) is 0 Å². The van der Waals surface area contributed by atoms with Gasteiger partial charge in [0.1, 0.15) is 16.8 Å². The Balaban J connectivity index is 2.08. The summed E-state index contributed by atoms with van der Waals surface area (Å²) in [5.74, 6) is 0.368. The number of rotatable bonds is 9. The Morgan fingerprint density at radius 1 is 1.26 bits per heavy atom. The van der Waals surface area contributed by atoms with Gasteiger partial charge in [-0.1, -0.05) is 31.6 Å². The van der Waals surface area contributed by atoms with Crippen LogP contribution in [0.1, 0.15) is 26.7 Å². The SMILES string of the molecule is CC[C@H](C)[C@@H](NC(=O)CCCl)C(=O)Nc1nnc(-c2ccc(OC)cc2)s1. The summed E-state index contributed by atoms with van der Waals surface area (Å²) in [6.45, 7) is 3.87. The van der Waals surface area contributed by atoms with Crippen molar-refractivity contribution >= 4 is 39.9 Å². The summed E-state index contributed by atoms with van der Waals surface area (Å²) in [6, 6.07) is 6.76. The van der Waals surface area contributed by atoms with E-state index in [1.807, 2.05) is 38.1 Å². The lowest BCUT2D eigenvalue weighted by Gasteiger charge is -2.22. The van der Waals surface area contributed by atoms with Crippen molar-refractivity contribution in [2.45, 2.75) is 32.7 Å². The maximum absolute atomic E-state index is 12.6. The second-order valence-electron chi connectivity index (χ2n) is 6.00. The minimum absolute atomic E-state index is 0.0294. The van der Waals surface area contributed by atoms with Crippen LogP contribution in [0.25, 0.3) is 10.6 Å². The molecule has 1 aromatic heterocycles. The van der Waals surface area contributed by atoms with Gasteiger partial charge >= 0.3 is 0 Å². The third-order valence-electron chi connectivity index (χ3n) is 4.13. The third kappa shape index (κ3) is 5.90. The molecule has 0 aliphatic heterocycles. The zero-order valence-electron chi connectivity index (χ0n) is 15.5. The predicted octanol–water partition coefficient (Wildman–Crippen LogP) is 3.31. The van der Waals surface area contributed by atoms with Crippen molar-refractivity contribution in [3.8, 4) is 16.3 Å². The van der Waals surface area contributed by atoms with Gasteiger partial charge in [-0.2, -0.15) is 0 Å². The van der Waals surface area contributed by atoms with Crippen LogP contribution in [0.4, 0.5) is 5.13 Å². The molecule has 2 rings (SSSR count). The smallest absolute Gasteiger partial charge is 0.249 e. The monoisotopic (exact) mass is 410 g/mol. The van der Waals surface area contributed by atoms with Gasteiger partial charge < -0.3 is 10.1 Å². The number of carbonyl (C=O) groups excluding carboxylic acids is 2. The summed E-state index contributed by atoms with van der Waals surface area (Å²) in [6.07, 6.45) is 0.911. The van der Waals surface area contributed by atoms with Crippen LogP contribution in [-0.4, -0.2) is 41.0 Å². The number of halogens is 1. The quantitative estimate of drug-likeness (QED) is 0.618. The highest BCUT2D eigenvalue weighted by Crippen LogP contribution is 2.28. The number of aromatic nitrogens is 2. The Morgan fingerprint density at radius 3 is 2.56 bits per heavy atom. The molecule has 2 atom stereocenters. The van der Waals surface area contributed by atoms with Crippen molar-refractivity contribution in [1.82, 2.24) is 15.5 Å². The summed E-state index contributed by atoms with van der Waals surface area (Å²) in [7, 11) is 1.60. The second kappa shape index (κ2) is 10.2. The fourth-order valence-electron chi connectivity index (χ4n) is 2.34. The van der Waals surface area contributed by atoms with Gasteiger partial charge in [0.25, 0.3) is 0 Å². The number of anilines is 1. The Bertz CT molecular complexity index is 766. The molecule has 1 aromatic carbocycles. The number of nitrogens with zero attached hydrogens (tertiary/aromatic N) is 2. The highest BCUT2D eigenvalue weighted by atomic mass is 35.5. The molecule has 0 spiro atoms. The Hall–Kier alpha value is -2.19. The number of alkyl halides is 1. The Kier molecular flexibility index (Phi) is 7.99. The fourth-order valence-corrected chi connectivity index (χ4v) is 3.26. The van der Waals surface area contributed by atoms with Crippen LogP contribution in [-0.2, 0) is 9.59 Å². The molecule has 0 aliphatic carbocycles. The average Bonchev–Trinajstić information content (AvgIpc) is 3.14. The highest BCUT2D eigenvalue weighted by molar-refractivity contribution is 7.18. The number of carbonyl (C=O) groups is 2. The largest absolute Gasteiger partial charge is 0.497 e. The van der Waals surface area contributed by atoms with E-state index in [1.165, 1.54) is 11.3 Å². The number of amides is 2. The molecule has 9 heteroatoms. The standard InChI is InChI=1S/C18H23ClN4O3S/c1-4-11(2)15(20-14(24)9-10-19)16(25)21-18-23-22-17(27-18)12-5-7-13(26-3)8-6-12/h5-8,11,15H,4,9-10H2,1-3H3,(H,20,24)(H,21,23,25)/t11-,15+/m0/s1. The van der Waals surface area contributed by atoms with Crippen LogP contribution in [0.5, 0.6) is 5.75 Å². The number of nitrogens with one attached hydrogen (secondary N) is 2. The van der Waals surface area contributed by atoms with Gasteiger partial charge in [-0.15, -0.1) is 21.8 Å². The molecular weight excluding hydrogens is 388 g/mol. The van der Waals surface area contributed by atoms with E-state index >= 15 is 0 Å². The van der Waals surface area contributed by atoms with E-state index in [0.29, 0.717) is 10.1 Å². The molecule has 0 unspecified atom stereocenters. The lowest BCUT2D eigenvalue weighted by atomic mass is 9.98. The van der Waals surface area contributed by atoms with E-state index in [9.17, 15) is 9.59 Å². The first-order valence-electron chi connectivity index (χ1n) is 8.62. The highest BCUT2D eigenvalue weighted by Gasteiger charge is 2.26. The zero-order chi connectivity index (χ0) is 19.8. The molecule has 0 fully saturated rings. The molecule has 0 saturated heterocycles. The molecule has 0 radical (unpaired) electrons. The molecule has 1 heterocycles. The number of hydrogen-bond acceptors (Lipinski definition) is 6. The number of benzene rings is 1. The van der Waals surface area contributed by atoms with Crippen LogP contribution >= 0.6 is 22.9 Å². The average molecular weight is 411 g/mol. The van der Waals surface area contributed by atoms with Crippen LogP contribution in [0, 0.1) is 5.92 Å². The Labute approximate surface area is 167 Å². The summed E-state index contributed by atoms with van der Waals surface area (Å²) in [5.41, 5.74) is 0.877. The first-order chi connectivity index (χ1) is 13.0. The summed E-state index contributed by atoms with van der Waals surface area (Å²) in [4.78, 5) is 24.5. The molecule has 2 N–H and O–H groups in total. The molecule has 7 nitrogen and oxygen atoms in total. The minimum Gasteiger partial charge on any atom is -0.497 e. The Morgan fingerprint density at radius 2 is 1.96 bits per heavy atom. The van der Waals surface area contributed by atoms with Gasteiger partial charge in [-0.3, -0.25) is 14.9 Å². The fraction of sp³-hybridized carbons (Fsp3) is 0.444. The maximum Gasteiger partial charge on any atom is 0.249 e. The van der Waals surface area contributed by atoms with Crippen LogP contribution in [0.2, 0.25) is 0 Å². The van der Waals surface area contributed by atoms with Crippen molar-refractivity contribution in [3.63, 3.8) is 0 Å². The number of methoxy groups -OCH3 is 1. The predicted molar refractivity (Wildman–Crippen MR) is 107 cm³/mol. The van der Waals surface area contributed by atoms with Crippen molar-refractivity contribution < 1.29 is 14.3 Å². The van der Waals surface area contributed by atoms with E-state index in [4.69, 9.17) is 16.3 Å². The lowest BCUT2D eigenvalue weighted by Crippen LogP contribution is -2.47. The van der Waals surface area contributed by atoms with Gasteiger partial charge in [-0.25, -0.2) is 0 Å². The topological polar surface area (TPSA) is 93.2 Å². The molecule has 0 aliphatic rings. The van der Waals surface area contributed by atoms with Crippen LogP contribution < -0.4 is 15.4 Å². The van der Waals surface area contributed by atoms with Crippen molar-refractivity contribution in [3.05, 3.63) is 24.3 Å². The lowest BCUT2D eigenvalue weighted by molar-refractivity contribution is -0.127. The summed E-state index contributed by atoms with van der Waals surface area (Å²) in [5, 5.41) is 14.7. The van der Waals surface area contributed by atoms with E-state index in [-0.39, 0.29) is 30.0 Å². The van der Waals surface area contributed by atoms with E-state index < -0.39 is 6.04 Å². The van der Waals surface area contributed by atoms with E-state index in [1.54, 1.807) is 7.11 Å². The first kappa shape index (κ1) is 21.1. The molecule has 0 bridgehead atoms. The minimum atomic E-state index is -0.654. The molecule has 0 saturated carbocycles. The van der Waals surface area contributed by atoms with E-state index in [0.717, 1.165) is 17.7 Å². The molecule has 2 amide bonds.